The molecule has 0 radical (unpaired) electrons. The van der Waals surface area contributed by atoms with Gasteiger partial charge in [0.15, 0.2) is 11.5 Å². The van der Waals surface area contributed by atoms with Gasteiger partial charge in [-0.2, -0.15) is 5.26 Å². The van der Waals surface area contributed by atoms with Crippen LogP contribution >= 0.6 is 0 Å². The van der Waals surface area contributed by atoms with Gasteiger partial charge in [0.05, 0.1) is 0 Å². The van der Waals surface area contributed by atoms with Gasteiger partial charge in [0.1, 0.15) is 12.7 Å². The number of ether oxygens (including phenoxy) is 2. The van der Waals surface area contributed by atoms with E-state index in [2.05, 4.69) is 6.07 Å². The Morgan fingerprint density at radius 1 is 1.31 bits per heavy atom. The Balaban J connectivity index is 2.41. The van der Waals surface area contributed by atoms with E-state index in [1.165, 1.54) is 5.56 Å². The van der Waals surface area contributed by atoms with Crippen molar-refractivity contribution >= 4 is 0 Å². The molecule has 0 bridgehead atoms. The summed E-state index contributed by atoms with van der Waals surface area (Å²) in [5.41, 5.74) is 1.49. The minimum Gasteiger partial charge on any atom is -0.484 e. The van der Waals surface area contributed by atoms with Crippen molar-refractivity contribution in [1.29, 1.82) is 5.26 Å². The Morgan fingerprint density at radius 3 is 2.50 bits per heavy atom. The lowest BCUT2D eigenvalue weighted by atomic mass is 10.0. The molecule has 16 heavy (non-hydrogen) atoms. The fourth-order valence-electron chi connectivity index (χ4n) is 1.70. The third-order valence-corrected chi connectivity index (χ3v) is 3.10. The number of aryl methyl sites for hydroxylation is 2. The maximum absolute atomic E-state index is 9.14. The van der Waals surface area contributed by atoms with Gasteiger partial charge in [-0.25, -0.2) is 0 Å². The molecule has 0 saturated carbocycles. The van der Waals surface area contributed by atoms with Crippen molar-refractivity contribution in [3.05, 3.63) is 23.3 Å². The van der Waals surface area contributed by atoms with E-state index in [0.717, 1.165) is 11.3 Å². The van der Waals surface area contributed by atoms with Gasteiger partial charge in [-0.3, -0.25) is 0 Å². The van der Waals surface area contributed by atoms with Crippen LogP contribution in [0.3, 0.4) is 0 Å². The van der Waals surface area contributed by atoms with Crippen molar-refractivity contribution in [3.63, 3.8) is 0 Å². The number of hydrogen-bond donors (Lipinski definition) is 0. The Hall–Kier alpha value is -1.69. The highest BCUT2D eigenvalue weighted by atomic mass is 16.6. The van der Waals surface area contributed by atoms with Crippen LogP contribution in [0.5, 0.6) is 11.5 Å². The van der Waals surface area contributed by atoms with Crippen LogP contribution in [0.2, 0.25) is 0 Å². The summed E-state index contributed by atoms with van der Waals surface area (Å²) in [5, 5.41) is 9.14. The lowest BCUT2D eigenvalue weighted by Crippen LogP contribution is -2.43. The Kier molecular flexibility index (Phi) is 2.51. The summed E-state index contributed by atoms with van der Waals surface area (Å²) in [6.45, 7) is 6.28. The molecular formula is C13H15NO2. The molecule has 0 unspecified atom stereocenters. The molecule has 0 fully saturated rings. The molecule has 1 aromatic rings. The van der Waals surface area contributed by atoms with Crippen LogP contribution in [0, 0.1) is 25.2 Å². The van der Waals surface area contributed by atoms with Crippen molar-refractivity contribution in [1.82, 2.24) is 0 Å². The summed E-state index contributed by atoms with van der Waals surface area (Å²) in [4.78, 5) is 0. The maximum Gasteiger partial charge on any atom is 0.227 e. The van der Waals surface area contributed by atoms with E-state index in [1.807, 2.05) is 32.9 Å². The largest absolute Gasteiger partial charge is 0.484 e. The van der Waals surface area contributed by atoms with Gasteiger partial charge in [0, 0.05) is 6.42 Å². The summed E-state index contributed by atoms with van der Waals surface area (Å²) in [6.07, 6.45) is 0.621. The van der Waals surface area contributed by atoms with E-state index in [0.29, 0.717) is 18.8 Å². The third kappa shape index (κ3) is 1.61. The lowest BCUT2D eigenvalue weighted by Gasteiger charge is -2.32. The maximum atomic E-state index is 9.14. The van der Waals surface area contributed by atoms with Crippen LogP contribution in [-0.4, -0.2) is 12.2 Å². The molecule has 0 spiro atoms. The van der Waals surface area contributed by atoms with Crippen LogP contribution in [0.15, 0.2) is 12.1 Å². The van der Waals surface area contributed by atoms with Gasteiger partial charge < -0.3 is 9.47 Å². The molecule has 0 aromatic heterocycles. The highest BCUT2D eigenvalue weighted by Crippen LogP contribution is 2.38. The van der Waals surface area contributed by atoms with E-state index in [4.69, 9.17) is 14.7 Å². The Bertz CT molecular complexity index is 462. The number of hydrogen-bond acceptors (Lipinski definition) is 3. The van der Waals surface area contributed by atoms with Crippen LogP contribution in [-0.2, 0) is 0 Å². The molecule has 1 aliphatic heterocycles. The van der Waals surface area contributed by atoms with Crippen LogP contribution in [0.25, 0.3) is 0 Å². The topological polar surface area (TPSA) is 42.2 Å². The first-order valence-electron chi connectivity index (χ1n) is 5.44. The second-order valence-electron chi connectivity index (χ2n) is 4.23. The smallest absolute Gasteiger partial charge is 0.227 e. The zero-order valence-corrected chi connectivity index (χ0v) is 9.83. The summed E-state index contributed by atoms with van der Waals surface area (Å²) in [6, 6.07) is 6.09. The molecule has 3 heteroatoms. The van der Waals surface area contributed by atoms with Crippen LogP contribution in [0.4, 0.5) is 0 Å². The molecule has 2 rings (SSSR count). The molecule has 0 aliphatic carbocycles. The van der Waals surface area contributed by atoms with Crippen molar-refractivity contribution < 1.29 is 9.47 Å². The van der Waals surface area contributed by atoms with Gasteiger partial charge in [0.2, 0.25) is 5.60 Å². The molecular weight excluding hydrogens is 202 g/mol. The fraction of sp³-hybridized carbons (Fsp3) is 0.462. The standard InChI is InChI=1S/C13H15NO2/c1-4-13(7-14)8-15-11-5-9(2)10(3)6-12(11)16-13/h5-6H,4,8H2,1-3H3/t13-/m1/s1. The number of benzene rings is 1. The number of rotatable bonds is 1. The molecule has 1 atom stereocenters. The molecule has 0 saturated heterocycles. The summed E-state index contributed by atoms with van der Waals surface area (Å²) >= 11 is 0. The van der Waals surface area contributed by atoms with E-state index in [1.54, 1.807) is 0 Å². The van der Waals surface area contributed by atoms with Crippen LogP contribution in [0.1, 0.15) is 24.5 Å². The van der Waals surface area contributed by atoms with Gasteiger partial charge in [-0.1, -0.05) is 6.92 Å². The normalized spacial score (nSPS) is 22.6. The van der Waals surface area contributed by atoms with Gasteiger partial charge >= 0.3 is 0 Å². The minimum atomic E-state index is -0.825. The fourth-order valence-corrected chi connectivity index (χ4v) is 1.70. The van der Waals surface area contributed by atoms with Crippen molar-refractivity contribution in [2.75, 3.05) is 6.61 Å². The SMILES string of the molecule is CC[C@@]1(C#N)COc2cc(C)c(C)cc2O1. The molecule has 0 amide bonds. The van der Waals surface area contributed by atoms with E-state index in [9.17, 15) is 0 Å². The molecule has 3 nitrogen and oxygen atoms in total. The summed E-state index contributed by atoms with van der Waals surface area (Å²) < 4.78 is 11.4. The first kappa shape index (κ1) is 10.8. The zero-order chi connectivity index (χ0) is 11.8. The van der Waals surface area contributed by atoms with Crippen LogP contribution < -0.4 is 9.47 Å². The molecule has 1 heterocycles. The van der Waals surface area contributed by atoms with Crippen molar-refractivity contribution in [2.45, 2.75) is 32.8 Å². The predicted octanol–water partition coefficient (Wildman–Crippen LogP) is 2.75. The van der Waals surface area contributed by atoms with Gasteiger partial charge in [-0.15, -0.1) is 0 Å². The van der Waals surface area contributed by atoms with Crippen molar-refractivity contribution in [3.8, 4) is 17.6 Å². The second kappa shape index (κ2) is 3.71. The average Bonchev–Trinajstić information content (AvgIpc) is 2.30. The van der Waals surface area contributed by atoms with E-state index in [-0.39, 0.29) is 0 Å². The molecule has 1 aromatic carbocycles. The highest BCUT2D eigenvalue weighted by molar-refractivity contribution is 5.48. The predicted molar refractivity (Wildman–Crippen MR) is 60.7 cm³/mol. The van der Waals surface area contributed by atoms with Gasteiger partial charge in [0.25, 0.3) is 0 Å². The molecule has 1 aliphatic rings. The average molecular weight is 217 g/mol. The zero-order valence-electron chi connectivity index (χ0n) is 9.83. The van der Waals surface area contributed by atoms with Gasteiger partial charge in [-0.05, 0) is 37.1 Å². The second-order valence-corrected chi connectivity index (χ2v) is 4.23. The Morgan fingerprint density at radius 2 is 1.94 bits per heavy atom. The Labute approximate surface area is 95.6 Å². The number of fused-ring (bicyclic) bond motifs is 1. The van der Waals surface area contributed by atoms with E-state index >= 15 is 0 Å². The summed E-state index contributed by atoms with van der Waals surface area (Å²) in [5.74, 6) is 1.42. The number of nitrogens with zero attached hydrogens (tertiary/aromatic N) is 1. The van der Waals surface area contributed by atoms with E-state index < -0.39 is 5.60 Å². The highest BCUT2D eigenvalue weighted by Gasteiger charge is 2.36. The first-order valence-corrected chi connectivity index (χ1v) is 5.44. The van der Waals surface area contributed by atoms with Crippen molar-refractivity contribution in [2.24, 2.45) is 0 Å². The molecule has 0 N–H and O–H groups in total. The third-order valence-electron chi connectivity index (χ3n) is 3.10. The lowest BCUT2D eigenvalue weighted by molar-refractivity contribution is 0.0328. The summed E-state index contributed by atoms with van der Waals surface area (Å²) in [7, 11) is 0. The first-order chi connectivity index (χ1) is 7.60. The monoisotopic (exact) mass is 217 g/mol. The molecule has 84 valence electrons. The quantitative estimate of drug-likeness (QED) is 0.726. The number of nitriles is 1. The minimum absolute atomic E-state index is 0.301.